The molecule has 0 aliphatic carbocycles. The molecule has 0 heterocycles. The van der Waals surface area contributed by atoms with E-state index < -0.39 is 18.1 Å². The molecule has 0 radical (unpaired) electrons. The van der Waals surface area contributed by atoms with E-state index in [1.807, 2.05) is 0 Å². The topological polar surface area (TPSA) is 92.8 Å². The number of aliphatic hydroxyl groups excluding tert-OH is 1. The fraction of sp³-hybridized carbons (Fsp3) is 0.300. The monoisotopic (exact) mass is 211 g/mol. The fourth-order valence-corrected chi connectivity index (χ4v) is 1.14. The van der Waals surface area contributed by atoms with E-state index in [2.05, 4.69) is 0 Å². The number of aliphatic hydroxyl groups is 1. The van der Waals surface area contributed by atoms with Gasteiger partial charge in [0.25, 0.3) is 0 Å². The van der Waals surface area contributed by atoms with Crippen LogP contribution in [0.4, 0.5) is 0 Å². The molecule has 1 aromatic carbocycles. The van der Waals surface area contributed by atoms with E-state index in [0.717, 1.165) is 0 Å². The Morgan fingerprint density at radius 3 is 2.33 bits per heavy atom. The van der Waals surface area contributed by atoms with Crippen LogP contribution in [0.25, 0.3) is 0 Å². The van der Waals surface area contributed by atoms with Gasteiger partial charge in [-0.25, -0.2) is 0 Å². The molecule has 2 atom stereocenters. The van der Waals surface area contributed by atoms with Crippen LogP contribution in [-0.4, -0.2) is 29.3 Å². The van der Waals surface area contributed by atoms with Gasteiger partial charge in [-0.05, 0) is 17.7 Å². The predicted octanol–water partition coefficient (Wildman–Crippen LogP) is 0.140. The van der Waals surface area contributed by atoms with E-state index in [9.17, 15) is 9.90 Å². The van der Waals surface area contributed by atoms with Crippen LogP contribution in [0, 0.1) is 0 Å². The summed E-state index contributed by atoms with van der Waals surface area (Å²) in [6, 6.07) is 5.09. The standard InChI is InChI=1S/C10H13NO4/c1-15-7-4-2-6(3-5-7)9(12)8(11)10(13)14/h2-5,8-9,12H,11H2,1H3,(H,13,14)/t8-,9?/m0/s1. The minimum Gasteiger partial charge on any atom is -0.497 e. The fourth-order valence-electron chi connectivity index (χ4n) is 1.14. The van der Waals surface area contributed by atoms with Crippen molar-refractivity contribution < 1.29 is 19.7 Å². The Balaban J connectivity index is 2.82. The number of nitrogens with two attached hydrogens (primary N) is 1. The maximum Gasteiger partial charge on any atom is 0.323 e. The van der Waals surface area contributed by atoms with Crippen molar-refractivity contribution in [3.05, 3.63) is 29.8 Å². The van der Waals surface area contributed by atoms with Gasteiger partial charge in [-0.1, -0.05) is 12.1 Å². The molecule has 0 amide bonds. The zero-order valence-electron chi connectivity index (χ0n) is 8.25. The number of hydrogen-bond acceptors (Lipinski definition) is 4. The Morgan fingerprint density at radius 1 is 1.40 bits per heavy atom. The third kappa shape index (κ3) is 2.68. The number of carbonyl (C=O) groups is 1. The van der Waals surface area contributed by atoms with Crippen molar-refractivity contribution in [2.24, 2.45) is 5.73 Å². The summed E-state index contributed by atoms with van der Waals surface area (Å²) < 4.78 is 4.93. The number of ether oxygens (including phenoxy) is 1. The molecule has 5 heteroatoms. The first-order chi connectivity index (χ1) is 7.06. The Bertz CT molecular complexity index is 336. The van der Waals surface area contributed by atoms with Crippen LogP contribution in [0.5, 0.6) is 5.75 Å². The second-order valence-corrected chi connectivity index (χ2v) is 3.08. The first kappa shape index (κ1) is 11.5. The molecule has 0 fully saturated rings. The van der Waals surface area contributed by atoms with Crippen LogP contribution in [0.2, 0.25) is 0 Å². The Labute approximate surface area is 87.1 Å². The minimum absolute atomic E-state index is 0.450. The maximum absolute atomic E-state index is 10.5. The molecule has 15 heavy (non-hydrogen) atoms. The lowest BCUT2D eigenvalue weighted by Gasteiger charge is -2.15. The maximum atomic E-state index is 10.5. The summed E-state index contributed by atoms with van der Waals surface area (Å²) in [7, 11) is 1.52. The van der Waals surface area contributed by atoms with Gasteiger partial charge in [-0.15, -0.1) is 0 Å². The molecule has 0 saturated carbocycles. The van der Waals surface area contributed by atoms with Gasteiger partial charge in [0.05, 0.1) is 7.11 Å². The Morgan fingerprint density at radius 2 is 1.93 bits per heavy atom. The van der Waals surface area contributed by atoms with Crippen LogP contribution >= 0.6 is 0 Å². The van der Waals surface area contributed by atoms with E-state index in [4.69, 9.17) is 15.6 Å². The largest absolute Gasteiger partial charge is 0.497 e. The van der Waals surface area contributed by atoms with Crippen LogP contribution in [0.1, 0.15) is 11.7 Å². The highest BCUT2D eigenvalue weighted by molar-refractivity contribution is 5.74. The molecule has 1 rings (SSSR count). The number of rotatable bonds is 4. The van der Waals surface area contributed by atoms with Crippen molar-refractivity contribution in [3.63, 3.8) is 0 Å². The molecule has 0 aromatic heterocycles. The van der Waals surface area contributed by atoms with Gasteiger partial charge in [0.1, 0.15) is 17.9 Å². The van der Waals surface area contributed by atoms with Crippen LogP contribution in [0.15, 0.2) is 24.3 Å². The van der Waals surface area contributed by atoms with E-state index >= 15 is 0 Å². The predicted molar refractivity (Wildman–Crippen MR) is 53.6 cm³/mol. The number of aliphatic carboxylic acids is 1. The lowest BCUT2D eigenvalue weighted by atomic mass is 10.0. The Hall–Kier alpha value is -1.59. The lowest BCUT2D eigenvalue weighted by molar-refractivity contribution is -0.141. The molecule has 82 valence electrons. The van der Waals surface area contributed by atoms with E-state index in [-0.39, 0.29) is 0 Å². The van der Waals surface area contributed by atoms with Gasteiger partial charge in [0.2, 0.25) is 0 Å². The number of carboxylic acid groups (broad SMARTS) is 1. The summed E-state index contributed by atoms with van der Waals surface area (Å²) >= 11 is 0. The summed E-state index contributed by atoms with van der Waals surface area (Å²) in [6.45, 7) is 0. The highest BCUT2D eigenvalue weighted by Crippen LogP contribution is 2.19. The third-order valence-corrected chi connectivity index (χ3v) is 2.08. The van der Waals surface area contributed by atoms with Crippen LogP contribution in [0.3, 0.4) is 0 Å². The SMILES string of the molecule is COc1ccc(C(O)[C@H](N)C(=O)O)cc1. The number of carboxylic acids is 1. The van der Waals surface area contributed by atoms with Crippen molar-refractivity contribution in [2.45, 2.75) is 12.1 Å². The van der Waals surface area contributed by atoms with Gasteiger partial charge in [0, 0.05) is 0 Å². The normalized spacial score (nSPS) is 14.3. The van der Waals surface area contributed by atoms with Crippen molar-refractivity contribution in [2.75, 3.05) is 7.11 Å². The molecule has 0 aliphatic rings. The van der Waals surface area contributed by atoms with Crippen molar-refractivity contribution >= 4 is 5.97 Å². The molecule has 4 N–H and O–H groups in total. The molecular weight excluding hydrogens is 198 g/mol. The van der Waals surface area contributed by atoms with Crippen LogP contribution < -0.4 is 10.5 Å². The molecular formula is C10H13NO4. The highest BCUT2D eigenvalue weighted by Gasteiger charge is 2.23. The lowest BCUT2D eigenvalue weighted by Crippen LogP contribution is -2.36. The summed E-state index contributed by atoms with van der Waals surface area (Å²) in [5.41, 5.74) is 5.73. The summed E-state index contributed by atoms with van der Waals surface area (Å²) in [6.07, 6.45) is -1.21. The quantitative estimate of drug-likeness (QED) is 0.658. The molecule has 0 aliphatic heterocycles. The van der Waals surface area contributed by atoms with Gasteiger partial charge in [-0.2, -0.15) is 0 Å². The highest BCUT2D eigenvalue weighted by atomic mass is 16.5. The van der Waals surface area contributed by atoms with Crippen molar-refractivity contribution in [1.29, 1.82) is 0 Å². The second kappa shape index (κ2) is 4.77. The molecule has 0 spiro atoms. The summed E-state index contributed by atoms with van der Waals surface area (Å²) in [5, 5.41) is 18.2. The average Bonchev–Trinajstić information content (AvgIpc) is 2.27. The molecule has 0 saturated heterocycles. The van der Waals surface area contributed by atoms with Crippen LogP contribution in [-0.2, 0) is 4.79 Å². The third-order valence-electron chi connectivity index (χ3n) is 2.08. The van der Waals surface area contributed by atoms with Gasteiger partial charge in [0.15, 0.2) is 0 Å². The zero-order valence-corrected chi connectivity index (χ0v) is 8.25. The first-order valence-electron chi connectivity index (χ1n) is 4.36. The molecule has 5 nitrogen and oxygen atoms in total. The van der Waals surface area contributed by atoms with Crippen molar-refractivity contribution in [1.82, 2.24) is 0 Å². The number of benzene rings is 1. The van der Waals surface area contributed by atoms with Gasteiger partial charge in [-0.3, -0.25) is 4.79 Å². The van der Waals surface area contributed by atoms with E-state index in [1.165, 1.54) is 7.11 Å². The smallest absolute Gasteiger partial charge is 0.323 e. The molecule has 1 unspecified atom stereocenters. The molecule has 1 aromatic rings. The summed E-state index contributed by atoms with van der Waals surface area (Å²) in [4.78, 5) is 10.5. The second-order valence-electron chi connectivity index (χ2n) is 3.08. The minimum atomic E-state index is -1.32. The summed E-state index contributed by atoms with van der Waals surface area (Å²) in [5.74, 6) is -0.604. The number of methoxy groups -OCH3 is 1. The first-order valence-corrected chi connectivity index (χ1v) is 4.36. The van der Waals surface area contributed by atoms with Crippen molar-refractivity contribution in [3.8, 4) is 5.75 Å². The van der Waals surface area contributed by atoms with E-state index in [0.29, 0.717) is 11.3 Å². The molecule has 0 bridgehead atoms. The van der Waals surface area contributed by atoms with E-state index in [1.54, 1.807) is 24.3 Å². The van der Waals surface area contributed by atoms with Gasteiger partial charge >= 0.3 is 5.97 Å². The Kier molecular flexibility index (Phi) is 3.65. The average molecular weight is 211 g/mol. The zero-order chi connectivity index (χ0) is 11.4. The van der Waals surface area contributed by atoms with Gasteiger partial charge < -0.3 is 20.7 Å². The number of hydrogen-bond donors (Lipinski definition) is 3.